The van der Waals surface area contributed by atoms with Crippen LogP contribution in [0.3, 0.4) is 0 Å². The predicted octanol–water partition coefficient (Wildman–Crippen LogP) is 4.56. The molecule has 6 heteroatoms. The lowest BCUT2D eigenvalue weighted by Gasteiger charge is -2.16. The van der Waals surface area contributed by atoms with E-state index in [1.54, 1.807) is 0 Å². The van der Waals surface area contributed by atoms with Crippen LogP contribution in [0.5, 0.6) is 0 Å². The van der Waals surface area contributed by atoms with Gasteiger partial charge < -0.3 is 18.6 Å². The van der Waals surface area contributed by atoms with Crippen molar-refractivity contribution in [1.29, 1.82) is 0 Å². The minimum Gasteiger partial charge on any atom is -0.463 e. The van der Waals surface area contributed by atoms with Gasteiger partial charge in [-0.15, -0.1) is 0 Å². The zero-order chi connectivity index (χ0) is 18.8. The molecule has 0 unspecified atom stereocenters. The molecule has 0 aromatic rings. The van der Waals surface area contributed by atoms with Crippen molar-refractivity contribution in [3.05, 3.63) is 0 Å². The standard InChI is InChI=1S/C19H40O5Si/c1-5-6-7-8-9-10-11-12-19(20)23-17-15-21-13-14-22-16-18-24-25(2,3)4/h5-18H2,1-4H3. The van der Waals surface area contributed by atoms with Crippen molar-refractivity contribution < 1.29 is 23.4 Å². The number of unbranched alkanes of at least 4 members (excludes halogenated alkanes) is 6. The van der Waals surface area contributed by atoms with Crippen LogP contribution in [0.4, 0.5) is 0 Å². The Kier molecular flexibility index (Phi) is 16.7. The molecule has 0 heterocycles. The average molecular weight is 377 g/mol. The van der Waals surface area contributed by atoms with E-state index in [0.29, 0.717) is 46.1 Å². The van der Waals surface area contributed by atoms with Gasteiger partial charge in [0.05, 0.1) is 33.0 Å². The summed E-state index contributed by atoms with van der Waals surface area (Å²) >= 11 is 0. The SMILES string of the molecule is CCCCCCCCCC(=O)OCCOCCOCCO[Si](C)(C)C. The number of hydrogen-bond donors (Lipinski definition) is 0. The molecular formula is C19H40O5Si. The topological polar surface area (TPSA) is 54.0 Å². The Labute approximate surface area is 155 Å². The molecule has 0 bridgehead atoms. The maximum atomic E-state index is 11.6. The van der Waals surface area contributed by atoms with Gasteiger partial charge in [0.2, 0.25) is 0 Å². The van der Waals surface area contributed by atoms with E-state index in [0.717, 1.165) is 12.8 Å². The number of ether oxygens (including phenoxy) is 3. The molecule has 0 amide bonds. The van der Waals surface area contributed by atoms with E-state index in [2.05, 4.69) is 26.6 Å². The second-order valence-electron chi connectivity index (χ2n) is 7.28. The average Bonchev–Trinajstić information content (AvgIpc) is 2.54. The first-order valence-corrected chi connectivity index (χ1v) is 13.3. The Hall–Kier alpha value is -0.433. The third-order valence-electron chi connectivity index (χ3n) is 3.61. The van der Waals surface area contributed by atoms with Gasteiger partial charge in [0, 0.05) is 6.42 Å². The Morgan fingerprint density at radius 3 is 1.84 bits per heavy atom. The van der Waals surface area contributed by atoms with Crippen molar-refractivity contribution in [2.45, 2.75) is 77.9 Å². The van der Waals surface area contributed by atoms with Crippen LogP contribution in [0.25, 0.3) is 0 Å². The van der Waals surface area contributed by atoms with Crippen LogP contribution in [0, 0.1) is 0 Å². The van der Waals surface area contributed by atoms with Crippen molar-refractivity contribution >= 4 is 14.3 Å². The van der Waals surface area contributed by atoms with Gasteiger partial charge in [-0.05, 0) is 26.1 Å². The minimum absolute atomic E-state index is 0.114. The summed E-state index contributed by atoms with van der Waals surface area (Å²) in [6.07, 6.45) is 8.98. The number of carbonyl (C=O) groups excluding carboxylic acids is 1. The van der Waals surface area contributed by atoms with E-state index < -0.39 is 8.32 Å². The van der Waals surface area contributed by atoms with E-state index in [9.17, 15) is 4.79 Å². The third-order valence-corrected chi connectivity index (χ3v) is 4.68. The summed E-state index contributed by atoms with van der Waals surface area (Å²) in [5, 5.41) is 0. The van der Waals surface area contributed by atoms with Gasteiger partial charge in [-0.1, -0.05) is 45.4 Å². The predicted molar refractivity (Wildman–Crippen MR) is 105 cm³/mol. The fourth-order valence-electron chi connectivity index (χ4n) is 2.24. The van der Waals surface area contributed by atoms with Gasteiger partial charge in [0.15, 0.2) is 8.32 Å². The highest BCUT2D eigenvalue weighted by Gasteiger charge is 2.13. The Bertz CT molecular complexity index is 305. The zero-order valence-corrected chi connectivity index (χ0v) is 17.9. The van der Waals surface area contributed by atoms with Crippen LogP contribution >= 0.6 is 0 Å². The highest BCUT2D eigenvalue weighted by molar-refractivity contribution is 6.69. The lowest BCUT2D eigenvalue weighted by atomic mass is 10.1. The molecule has 0 aromatic heterocycles. The molecule has 0 aromatic carbocycles. The molecular weight excluding hydrogens is 336 g/mol. The number of hydrogen-bond acceptors (Lipinski definition) is 5. The number of carbonyl (C=O) groups is 1. The van der Waals surface area contributed by atoms with Crippen molar-refractivity contribution in [3.8, 4) is 0 Å². The quantitative estimate of drug-likeness (QED) is 0.199. The van der Waals surface area contributed by atoms with Crippen LogP contribution in [0.1, 0.15) is 58.3 Å². The van der Waals surface area contributed by atoms with E-state index in [1.165, 1.54) is 32.1 Å². The van der Waals surface area contributed by atoms with Crippen molar-refractivity contribution in [3.63, 3.8) is 0 Å². The fourth-order valence-corrected chi connectivity index (χ4v) is 2.94. The molecule has 0 rings (SSSR count). The van der Waals surface area contributed by atoms with Crippen LogP contribution in [0.15, 0.2) is 0 Å². The lowest BCUT2D eigenvalue weighted by Crippen LogP contribution is -2.27. The maximum Gasteiger partial charge on any atom is 0.305 e. The van der Waals surface area contributed by atoms with Crippen LogP contribution in [0.2, 0.25) is 19.6 Å². The summed E-state index contributed by atoms with van der Waals surface area (Å²) < 4.78 is 21.6. The molecule has 0 aliphatic carbocycles. The molecule has 0 atom stereocenters. The molecule has 0 aliphatic rings. The lowest BCUT2D eigenvalue weighted by molar-refractivity contribution is -0.145. The summed E-state index contributed by atoms with van der Waals surface area (Å²) in [6.45, 7) is 11.8. The molecule has 0 saturated heterocycles. The highest BCUT2D eigenvalue weighted by atomic mass is 28.4. The smallest absolute Gasteiger partial charge is 0.305 e. The Balaban J connectivity index is 3.19. The first-order valence-electron chi connectivity index (χ1n) is 9.91. The molecule has 0 N–H and O–H groups in total. The molecule has 0 saturated carbocycles. The van der Waals surface area contributed by atoms with E-state index >= 15 is 0 Å². The molecule has 0 radical (unpaired) electrons. The van der Waals surface area contributed by atoms with Gasteiger partial charge in [0.1, 0.15) is 6.61 Å². The van der Waals surface area contributed by atoms with Gasteiger partial charge in [-0.25, -0.2) is 0 Å². The number of esters is 1. The van der Waals surface area contributed by atoms with Gasteiger partial charge in [-0.3, -0.25) is 4.79 Å². The Morgan fingerprint density at radius 2 is 1.24 bits per heavy atom. The monoisotopic (exact) mass is 376 g/mol. The van der Waals surface area contributed by atoms with Gasteiger partial charge >= 0.3 is 5.97 Å². The maximum absolute atomic E-state index is 11.6. The van der Waals surface area contributed by atoms with Crippen molar-refractivity contribution in [2.75, 3.05) is 39.6 Å². The van der Waals surface area contributed by atoms with Crippen LogP contribution < -0.4 is 0 Å². The summed E-state index contributed by atoms with van der Waals surface area (Å²) in [4.78, 5) is 11.6. The van der Waals surface area contributed by atoms with Crippen molar-refractivity contribution in [1.82, 2.24) is 0 Å². The van der Waals surface area contributed by atoms with E-state index in [4.69, 9.17) is 18.6 Å². The Morgan fingerprint density at radius 1 is 0.720 bits per heavy atom. The van der Waals surface area contributed by atoms with Gasteiger partial charge in [-0.2, -0.15) is 0 Å². The molecule has 0 spiro atoms. The highest BCUT2D eigenvalue weighted by Crippen LogP contribution is 2.08. The largest absolute Gasteiger partial charge is 0.463 e. The second-order valence-corrected chi connectivity index (χ2v) is 11.8. The molecule has 150 valence electrons. The molecule has 25 heavy (non-hydrogen) atoms. The summed E-state index contributed by atoms with van der Waals surface area (Å²) in [6, 6.07) is 0. The van der Waals surface area contributed by atoms with Gasteiger partial charge in [0.25, 0.3) is 0 Å². The summed E-state index contributed by atoms with van der Waals surface area (Å²) in [5.74, 6) is -0.114. The van der Waals surface area contributed by atoms with Crippen molar-refractivity contribution in [2.24, 2.45) is 0 Å². The zero-order valence-electron chi connectivity index (χ0n) is 16.9. The fraction of sp³-hybridized carbons (Fsp3) is 0.947. The second kappa shape index (κ2) is 17.0. The normalized spacial score (nSPS) is 11.7. The van der Waals surface area contributed by atoms with Crippen LogP contribution in [-0.2, 0) is 23.4 Å². The third kappa shape index (κ3) is 21.5. The van der Waals surface area contributed by atoms with Crippen LogP contribution in [-0.4, -0.2) is 53.9 Å². The minimum atomic E-state index is -1.43. The molecule has 0 aliphatic heterocycles. The number of rotatable bonds is 18. The van der Waals surface area contributed by atoms with E-state index in [-0.39, 0.29) is 5.97 Å². The first kappa shape index (κ1) is 24.6. The summed E-state index contributed by atoms with van der Waals surface area (Å²) in [5.41, 5.74) is 0. The van der Waals surface area contributed by atoms with E-state index in [1.807, 2.05) is 0 Å². The molecule has 0 fully saturated rings. The first-order chi connectivity index (χ1) is 12.0. The summed E-state index contributed by atoms with van der Waals surface area (Å²) in [7, 11) is -1.43. The molecule has 5 nitrogen and oxygen atoms in total.